The second-order valence-electron chi connectivity index (χ2n) is 8.57. The third-order valence-electron chi connectivity index (χ3n) is 5.45. The van der Waals surface area contributed by atoms with Crippen molar-refractivity contribution in [3.63, 3.8) is 0 Å². The first kappa shape index (κ1) is 28.7. The van der Waals surface area contributed by atoms with E-state index in [0.29, 0.717) is 37.7 Å². The van der Waals surface area contributed by atoms with Crippen LogP contribution in [0, 0.1) is 17.2 Å². The standard InChI is InChI=1S/C28H26BrClN4O4/c1-17(2)25(33-27(35)21-8-10-22(30)11-9-21)28(36)34-32-15-20-12-23(29)26(24(13-20)37-3)38-16-19-6-4-18(14-31)5-7-19/h4-13,15,17,25H,16H2,1-3H3,(H,33,35)(H,34,36). The maximum Gasteiger partial charge on any atom is 0.262 e. The third-order valence-corrected chi connectivity index (χ3v) is 6.29. The Bertz CT molecular complexity index is 1350. The minimum Gasteiger partial charge on any atom is -0.493 e. The molecule has 38 heavy (non-hydrogen) atoms. The van der Waals surface area contributed by atoms with Gasteiger partial charge in [0.05, 0.1) is 29.4 Å². The molecule has 3 aromatic carbocycles. The van der Waals surface area contributed by atoms with Crippen molar-refractivity contribution in [3.8, 4) is 17.6 Å². The molecule has 10 heteroatoms. The van der Waals surface area contributed by atoms with Crippen LogP contribution in [0.4, 0.5) is 0 Å². The SMILES string of the molecule is COc1cc(C=NNC(=O)C(NC(=O)c2ccc(Cl)cc2)C(C)C)cc(Br)c1OCc1ccc(C#N)cc1. The molecule has 0 heterocycles. The Kier molecular flexibility index (Phi) is 10.3. The Hall–Kier alpha value is -3.87. The molecule has 2 amide bonds. The fourth-order valence-corrected chi connectivity index (χ4v) is 4.09. The van der Waals surface area contributed by atoms with Gasteiger partial charge < -0.3 is 14.8 Å². The molecule has 2 N–H and O–H groups in total. The van der Waals surface area contributed by atoms with Crippen molar-refractivity contribution in [2.24, 2.45) is 11.0 Å². The minimum absolute atomic E-state index is 0.178. The number of benzene rings is 3. The number of methoxy groups -OCH3 is 1. The van der Waals surface area contributed by atoms with Crippen LogP contribution >= 0.6 is 27.5 Å². The number of amides is 2. The van der Waals surface area contributed by atoms with Crippen molar-refractivity contribution >= 4 is 45.6 Å². The van der Waals surface area contributed by atoms with Gasteiger partial charge in [0, 0.05) is 10.6 Å². The van der Waals surface area contributed by atoms with E-state index < -0.39 is 11.9 Å². The zero-order chi connectivity index (χ0) is 27.7. The summed E-state index contributed by atoms with van der Waals surface area (Å²) in [5.74, 6) is -0.0427. The third kappa shape index (κ3) is 7.81. The average Bonchev–Trinajstić information content (AvgIpc) is 2.91. The van der Waals surface area contributed by atoms with Gasteiger partial charge in [-0.05, 0) is 81.5 Å². The van der Waals surface area contributed by atoms with E-state index in [1.54, 1.807) is 48.5 Å². The molecule has 0 saturated heterocycles. The van der Waals surface area contributed by atoms with Crippen molar-refractivity contribution in [2.75, 3.05) is 7.11 Å². The molecule has 8 nitrogen and oxygen atoms in total. The molecule has 0 radical (unpaired) electrons. The lowest BCUT2D eigenvalue weighted by molar-refractivity contribution is -0.123. The van der Waals surface area contributed by atoms with Gasteiger partial charge in [-0.15, -0.1) is 0 Å². The molecule has 0 aliphatic carbocycles. The average molecular weight is 598 g/mol. The Morgan fingerprint density at radius 3 is 2.42 bits per heavy atom. The summed E-state index contributed by atoms with van der Waals surface area (Å²) in [5.41, 5.74) is 5.01. The number of hydrogen-bond acceptors (Lipinski definition) is 6. The molecule has 0 bridgehead atoms. The van der Waals surface area contributed by atoms with Gasteiger partial charge in [0.2, 0.25) is 0 Å². The van der Waals surface area contributed by atoms with Crippen LogP contribution in [0.5, 0.6) is 11.5 Å². The van der Waals surface area contributed by atoms with E-state index in [-0.39, 0.29) is 18.4 Å². The molecule has 3 aromatic rings. The quantitative estimate of drug-likeness (QED) is 0.238. The van der Waals surface area contributed by atoms with Gasteiger partial charge in [-0.1, -0.05) is 37.6 Å². The van der Waals surface area contributed by atoms with Crippen LogP contribution in [0.15, 0.2) is 70.2 Å². The lowest BCUT2D eigenvalue weighted by Gasteiger charge is -2.20. The molecule has 3 rings (SSSR count). The van der Waals surface area contributed by atoms with Crippen molar-refractivity contribution < 1.29 is 19.1 Å². The van der Waals surface area contributed by atoms with Crippen LogP contribution in [-0.4, -0.2) is 31.2 Å². The Labute approximate surface area is 234 Å². The molecule has 0 fully saturated rings. The van der Waals surface area contributed by atoms with Crippen LogP contribution in [0.3, 0.4) is 0 Å². The summed E-state index contributed by atoms with van der Waals surface area (Å²) in [4.78, 5) is 25.3. The number of halogens is 2. The molecule has 1 unspecified atom stereocenters. The normalized spacial score (nSPS) is 11.6. The number of nitrogens with one attached hydrogen (secondary N) is 2. The molecular formula is C28H26BrClN4O4. The summed E-state index contributed by atoms with van der Waals surface area (Å²) in [5, 5.41) is 16.3. The number of hydrogen-bond donors (Lipinski definition) is 2. The van der Waals surface area contributed by atoms with Gasteiger partial charge in [0.25, 0.3) is 11.8 Å². The molecule has 0 aliphatic heterocycles. The molecular weight excluding hydrogens is 572 g/mol. The van der Waals surface area contributed by atoms with Crippen LogP contribution in [0.1, 0.15) is 40.9 Å². The van der Waals surface area contributed by atoms with E-state index in [4.69, 9.17) is 26.3 Å². The Balaban J connectivity index is 1.65. The number of rotatable bonds is 10. The molecule has 0 saturated carbocycles. The van der Waals surface area contributed by atoms with Crippen molar-refractivity contribution in [1.82, 2.24) is 10.7 Å². The highest BCUT2D eigenvalue weighted by Crippen LogP contribution is 2.36. The number of nitriles is 1. The van der Waals surface area contributed by atoms with Crippen LogP contribution < -0.4 is 20.2 Å². The number of carbonyl (C=O) groups is 2. The number of hydrazone groups is 1. The second-order valence-corrected chi connectivity index (χ2v) is 9.86. The van der Waals surface area contributed by atoms with Gasteiger partial charge in [-0.25, -0.2) is 5.43 Å². The van der Waals surface area contributed by atoms with E-state index in [1.165, 1.54) is 13.3 Å². The van der Waals surface area contributed by atoms with Gasteiger partial charge in [-0.2, -0.15) is 10.4 Å². The molecule has 0 aromatic heterocycles. The predicted molar refractivity (Wildman–Crippen MR) is 149 cm³/mol. The molecule has 196 valence electrons. The largest absolute Gasteiger partial charge is 0.493 e. The first-order valence-electron chi connectivity index (χ1n) is 11.6. The topological polar surface area (TPSA) is 113 Å². The van der Waals surface area contributed by atoms with Gasteiger partial charge in [-0.3, -0.25) is 9.59 Å². The Morgan fingerprint density at radius 2 is 1.82 bits per heavy atom. The summed E-state index contributed by atoms with van der Waals surface area (Å²) < 4.78 is 12.0. The minimum atomic E-state index is -0.797. The fraction of sp³-hybridized carbons (Fsp3) is 0.214. The monoisotopic (exact) mass is 596 g/mol. The molecule has 0 spiro atoms. The zero-order valence-corrected chi connectivity index (χ0v) is 23.3. The maximum atomic E-state index is 12.8. The van der Waals surface area contributed by atoms with Crippen LogP contribution in [0.2, 0.25) is 5.02 Å². The summed E-state index contributed by atoms with van der Waals surface area (Å²) in [6.07, 6.45) is 1.47. The van der Waals surface area contributed by atoms with E-state index in [1.807, 2.05) is 26.0 Å². The highest BCUT2D eigenvalue weighted by Gasteiger charge is 2.24. The highest BCUT2D eigenvalue weighted by atomic mass is 79.9. The maximum absolute atomic E-state index is 12.8. The van der Waals surface area contributed by atoms with Gasteiger partial charge in [0.1, 0.15) is 12.6 Å². The Morgan fingerprint density at radius 1 is 1.13 bits per heavy atom. The van der Waals surface area contributed by atoms with Gasteiger partial charge >= 0.3 is 0 Å². The lowest BCUT2D eigenvalue weighted by Crippen LogP contribution is -2.48. The fourth-order valence-electron chi connectivity index (χ4n) is 3.39. The smallest absolute Gasteiger partial charge is 0.262 e. The first-order valence-corrected chi connectivity index (χ1v) is 12.8. The van der Waals surface area contributed by atoms with E-state index in [9.17, 15) is 9.59 Å². The van der Waals surface area contributed by atoms with E-state index in [0.717, 1.165) is 5.56 Å². The lowest BCUT2D eigenvalue weighted by atomic mass is 10.0. The highest BCUT2D eigenvalue weighted by molar-refractivity contribution is 9.10. The van der Waals surface area contributed by atoms with Crippen molar-refractivity contribution in [1.29, 1.82) is 5.26 Å². The van der Waals surface area contributed by atoms with Crippen LogP contribution in [-0.2, 0) is 11.4 Å². The number of nitrogens with zero attached hydrogens (tertiary/aromatic N) is 2. The first-order chi connectivity index (χ1) is 18.2. The van der Waals surface area contributed by atoms with E-state index in [2.05, 4.69) is 37.8 Å². The van der Waals surface area contributed by atoms with Crippen molar-refractivity contribution in [3.05, 3.63) is 92.4 Å². The summed E-state index contributed by atoms with van der Waals surface area (Å²) in [6.45, 7) is 3.94. The zero-order valence-electron chi connectivity index (χ0n) is 21.0. The summed E-state index contributed by atoms with van der Waals surface area (Å²) in [7, 11) is 1.52. The second kappa shape index (κ2) is 13.6. The van der Waals surface area contributed by atoms with Gasteiger partial charge in [0.15, 0.2) is 11.5 Å². The van der Waals surface area contributed by atoms with Crippen LogP contribution in [0.25, 0.3) is 0 Å². The molecule has 0 aliphatic rings. The van der Waals surface area contributed by atoms with E-state index >= 15 is 0 Å². The number of ether oxygens (including phenoxy) is 2. The molecule has 1 atom stereocenters. The predicted octanol–water partition coefficient (Wildman–Crippen LogP) is 5.47. The summed E-state index contributed by atoms with van der Waals surface area (Å²) >= 11 is 9.38. The summed E-state index contributed by atoms with van der Waals surface area (Å²) in [6, 6.07) is 18.3. The van der Waals surface area contributed by atoms with Crippen molar-refractivity contribution in [2.45, 2.75) is 26.5 Å². The number of carbonyl (C=O) groups excluding carboxylic acids is 2.